The van der Waals surface area contributed by atoms with Gasteiger partial charge in [-0.2, -0.15) is 0 Å². The Hall–Kier alpha value is -0.340. The Morgan fingerprint density at radius 2 is 2.36 bits per heavy atom. The van der Waals surface area contributed by atoms with Crippen molar-refractivity contribution >= 4 is 0 Å². The van der Waals surface area contributed by atoms with Crippen molar-refractivity contribution in [1.82, 2.24) is 0 Å². The van der Waals surface area contributed by atoms with E-state index < -0.39 is 0 Å². The van der Waals surface area contributed by atoms with Gasteiger partial charge in [0, 0.05) is 6.42 Å². The van der Waals surface area contributed by atoms with Gasteiger partial charge in [0.05, 0.1) is 13.2 Å². The van der Waals surface area contributed by atoms with Gasteiger partial charge in [-0.15, -0.1) is 0 Å². The normalized spacial score (nSPS) is 41.0. The fourth-order valence-electron chi connectivity index (χ4n) is 1.84. The number of allylic oxidation sites excluding steroid dienone is 1. The summed E-state index contributed by atoms with van der Waals surface area (Å²) in [6.07, 6.45) is 4.53. The maximum Gasteiger partial charge on any atom is 0.158 e. The Kier molecular flexibility index (Phi) is 1.96. The van der Waals surface area contributed by atoms with Gasteiger partial charge < -0.3 is 9.47 Å². The molecule has 2 bridgehead atoms. The lowest BCUT2D eigenvalue weighted by Crippen LogP contribution is -2.35. The van der Waals surface area contributed by atoms with Crippen molar-refractivity contribution in [3.8, 4) is 0 Å². The minimum absolute atomic E-state index is 0.0949. The molecule has 0 N–H and O–H groups in total. The molecule has 0 radical (unpaired) electrons. The third-order valence-corrected chi connectivity index (χ3v) is 2.58. The number of hydrogen-bond acceptors (Lipinski definition) is 2. The van der Waals surface area contributed by atoms with Crippen LogP contribution in [0.4, 0.5) is 0 Å². The van der Waals surface area contributed by atoms with Gasteiger partial charge in [-0.1, -0.05) is 6.08 Å². The summed E-state index contributed by atoms with van der Waals surface area (Å²) in [5, 5.41) is 0. The van der Waals surface area contributed by atoms with Crippen molar-refractivity contribution in [2.75, 3.05) is 13.2 Å². The van der Waals surface area contributed by atoms with E-state index in [1.807, 2.05) is 0 Å². The van der Waals surface area contributed by atoms with Gasteiger partial charge in [0.1, 0.15) is 0 Å². The number of rotatable bonds is 0. The number of hydrogen-bond donors (Lipinski definition) is 0. The van der Waals surface area contributed by atoms with Gasteiger partial charge in [-0.3, -0.25) is 0 Å². The van der Waals surface area contributed by atoms with Crippen molar-refractivity contribution in [3.63, 3.8) is 0 Å². The summed E-state index contributed by atoms with van der Waals surface area (Å²) in [5.74, 6) is 0.743. The summed E-state index contributed by atoms with van der Waals surface area (Å²) in [6.45, 7) is 3.74. The van der Waals surface area contributed by atoms with Crippen LogP contribution in [0.1, 0.15) is 19.8 Å². The van der Waals surface area contributed by atoms with E-state index in [4.69, 9.17) is 9.47 Å². The van der Waals surface area contributed by atoms with E-state index in [1.54, 1.807) is 0 Å². The highest BCUT2D eigenvalue weighted by molar-refractivity contribution is 5.09. The van der Waals surface area contributed by atoms with Gasteiger partial charge in [-0.05, 0) is 24.8 Å². The van der Waals surface area contributed by atoms with Crippen molar-refractivity contribution in [2.45, 2.75) is 26.1 Å². The van der Waals surface area contributed by atoms with Crippen LogP contribution in [0.5, 0.6) is 0 Å². The first-order chi connectivity index (χ1) is 5.40. The standard InChI is InChI=1S/C9H14O2/c1-2-7-6-11-9-5-8(7)3-4-10-9/h2,8-9H,3-6H2,1H3/b7-2-/t8-,9-/m0/s1. The highest BCUT2D eigenvalue weighted by Gasteiger charge is 2.30. The van der Waals surface area contributed by atoms with Crippen molar-refractivity contribution in [1.29, 1.82) is 0 Å². The van der Waals surface area contributed by atoms with E-state index in [2.05, 4.69) is 13.0 Å². The van der Waals surface area contributed by atoms with Gasteiger partial charge in [-0.25, -0.2) is 0 Å². The quantitative estimate of drug-likeness (QED) is 0.494. The van der Waals surface area contributed by atoms with Gasteiger partial charge in [0.2, 0.25) is 0 Å². The molecule has 0 aromatic carbocycles. The fraction of sp³-hybridized carbons (Fsp3) is 0.778. The predicted octanol–water partition coefficient (Wildman–Crippen LogP) is 1.72. The highest BCUT2D eigenvalue weighted by atomic mass is 16.7. The monoisotopic (exact) mass is 154 g/mol. The molecule has 2 nitrogen and oxygen atoms in total. The highest BCUT2D eigenvalue weighted by Crippen LogP contribution is 2.32. The van der Waals surface area contributed by atoms with Crippen molar-refractivity contribution in [3.05, 3.63) is 11.6 Å². The molecule has 0 saturated carbocycles. The lowest BCUT2D eigenvalue weighted by molar-refractivity contribution is -0.184. The summed E-state index contributed by atoms with van der Waals surface area (Å²) in [6, 6.07) is 0. The molecule has 0 aliphatic carbocycles. The van der Waals surface area contributed by atoms with Crippen LogP contribution in [-0.2, 0) is 9.47 Å². The summed E-state index contributed by atoms with van der Waals surface area (Å²) in [4.78, 5) is 0. The average Bonchev–Trinajstić information content (AvgIpc) is 2.06. The zero-order valence-electron chi connectivity index (χ0n) is 6.88. The lowest BCUT2D eigenvalue weighted by atomic mass is 9.89. The van der Waals surface area contributed by atoms with Crippen LogP contribution in [0.25, 0.3) is 0 Å². The van der Waals surface area contributed by atoms with Gasteiger partial charge in [0.15, 0.2) is 6.29 Å². The molecular formula is C9H14O2. The third kappa shape index (κ3) is 1.33. The molecule has 0 unspecified atom stereocenters. The SMILES string of the molecule is C/C=C1/CO[C@H]2C[C@@H]1CCO2. The molecule has 0 aromatic rings. The summed E-state index contributed by atoms with van der Waals surface area (Å²) in [7, 11) is 0. The first-order valence-electron chi connectivity index (χ1n) is 4.28. The number of fused-ring (bicyclic) bond motifs is 2. The second-order valence-electron chi connectivity index (χ2n) is 3.20. The lowest BCUT2D eigenvalue weighted by Gasteiger charge is -2.36. The second-order valence-corrected chi connectivity index (χ2v) is 3.20. The Bertz CT molecular complexity index is 174. The molecule has 2 atom stereocenters. The molecule has 0 aromatic heterocycles. The van der Waals surface area contributed by atoms with Crippen molar-refractivity contribution in [2.24, 2.45) is 5.92 Å². The van der Waals surface area contributed by atoms with Crippen LogP contribution in [0.3, 0.4) is 0 Å². The van der Waals surface area contributed by atoms with E-state index in [0.717, 1.165) is 25.6 Å². The zero-order chi connectivity index (χ0) is 7.68. The number of ether oxygens (including phenoxy) is 2. The maximum absolute atomic E-state index is 5.46. The van der Waals surface area contributed by atoms with E-state index in [9.17, 15) is 0 Å². The van der Waals surface area contributed by atoms with E-state index in [0.29, 0.717) is 0 Å². The molecule has 0 spiro atoms. The van der Waals surface area contributed by atoms with E-state index in [1.165, 1.54) is 12.0 Å². The minimum Gasteiger partial charge on any atom is -0.353 e. The summed E-state index contributed by atoms with van der Waals surface area (Å²) >= 11 is 0. The Balaban J connectivity index is 2.08. The van der Waals surface area contributed by atoms with Crippen LogP contribution < -0.4 is 0 Å². The molecule has 2 aliphatic heterocycles. The van der Waals surface area contributed by atoms with Crippen LogP contribution in [0.2, 0.25) is 0 Å². The van der Waals surface area contributed by atoms with Gasteiger partial charge >= 0.3 is 0 Å². The fourth-order valence-corrected chi connectivity index (χ4v) is 1.84. The molecule has 2 aliphatic rings. The molecule has 62 valence electrons. The van der Waals surface area contributed by atoms with Gasteiger partial charge in [0.25, 0.3) is 0 Å². The predicted molar refractivity (Wildman–Crippen MR) is 42.2 cm³/mol. The van der Waals surface area contributed by atoms with Crippen LogP contribution in [-0.4, -0.2) is 19.5 Å². The summed E-state index contributed by atoms with van der Waals surface area (Å²) in [5.41, 5.74) is 1.46. The average molecular weight is 154 g/mol. The van der Waals surface area contributed by atoms with Crippen LogP contribution >= 0.6 is 0 Å². The first kappa shape index (κ1) is 7.32. The molecule has 2 heterocycles. The van der Waals surface area contributed by atoms with Crippen molar-refractivity contribution < 1.29 is 9.47 Å². The summed E-state index contributed by atoms with van der Waals surface area (Å²) < 4.78 is 10.9. The van der Waals surface area contributed by atoms with Crippen LogP contribution in [0, 0.1) is 5.92 Å². The van der Waals surface area contributed by atoms with Crippen LogP contribution in [0.15, 0.2) is 11.6 Å². The largest absolute Gasteiger partial charge is 0.353 e. The molecule has 0 amide bonds. The molecule has 2 rings (SSSR count). The minimum atomic E-state index is 0.0949. The molecule has 2 fully saturated rings. The molecule has 2 heteroatoms. The topological polar surface area (TPSA) is 18.5 Å². The zero-order valence-corrected chi connectivity index (χ0v) is 6.88. The van der Waals surface area contributed by atoms with E-state index >= 15 is 0 Å². The maximum atomic E-state index is 5.46. The smallest absolute Gasteiger partial charge is 0.158 e. The third-order valence-electron chi connectivity index (χ3n) is 2.58. The molecule has 11 heavy (non-hydrogen) atoms. The van der Waals surface area contributed by atoms with E-state index in [-0.39, 0.29) is 6.29 Å². The Morgan fingerprint density at radius 3 is 3.18 bits per heavy atom. The molecule has 2 saturated heterocycles. The Labute approximate surface area is 67.2 Å². The second kappa shape index (κ2) is 2.95. The Morgan fingerprint density at radius 1 is 1.45 bits per heavy atom. The first-order valence-corrected chi connectivity index (χ1v) is 4.28. The molecular weight excluding hydrogens is 140 g/mol.